The van der Waals surface area contributed by atoms with Crippen LogP contribution in [-0.2, 0) is 4.79 Å². The summed E-state index contributed by atoms with van der Waals surface area (Å²) in [5.74, 6) is 1.07. The number of hydrogen-bond acceptors (Lipinski definition) is 2. The van der Waals surface area contributed by atoms with Gasteiger partial charge >= 0.3 is 0 Å². The smallest absolute Gasteiger partial charge is 0.239 e. The van der Waals surface area contributed by atoms with E-state index in [1.54, 1.807) is 0 Å². The van der Waals surface area contributed by atoms with Gasteiger partial charge in [0.1, 0.15) is 0 Å². The van der Waals surface area contributed by atoms with Crippen molar-refractivity contribution in [3.05, 3.63) is 0 Å². The lowest BCUT2D eigenvalue weighted by molar-refractivity contribution is -0.133. The molecular formula is C12H27ClN2O. The third-order valence-electron chi connectivity index (χ3n) is 2.32. The molecule has 0 bridgehead atoms. The first-order valence-corrected chi connectivity index (χ1v) is 5.92. The first kappa shape index (κ1) is 18.1. The summed E-state index contributed by atoms with van der Waals surface area (Å²) in [6, 6.07) is -0.330. The number of hydrogen-bond donors (Lipinski definition) is 1. The monoisotopic (exact) mass is 250 g/mol. The summed E-state index contributed by atoms with van der Waals surface area (Å²) in [6.07, 6.45) is 0.771. The SMILES string of the molecule is CCN(CC(C)C)C(=O)[C@@H](N)CC(C)C.Cl. The van der Waals surface area contributed by atoms with Crippen LogP contribution in [0.4, 0.5) is 0 Å². The second kappa shape index (κ2) is 8.82. The Bertz CT molecular complexity index is 195. The highest BCUT2D eigenvalue weighted by Crippen LogP contribution is 2.07. The highest BCUT2D eigenvalue weighted by Gasteiger charge is 2.20. The zero-order valence-corrected chi connectivity index (χ0v) is 12.0. The van der Waals surface area contributed by atoms with Crippen LogP contribution in [0.1, 0.15) is 41.0 Å². The second-order valence-electron chi connectivity index (χ2n) is 5.01. The number of nitrogens with two attached hydrogens (primary N) is 1. The normalized spacial score (nSPS) is 12.5. The van der Waals surface area contributed by atoms with Gasteiger partial charge in [-0.05, 0) is 25.2 Å². The van der Waals surface area contributed by atoms with Crippen molar-refractivity contribution in [1.29, 1.82) is 0 Å². The van der Waals surface area contributed by atoms with Gasteiger partial charge in [0.25, 0.3) is 0 Å². The molecule has 0 aliphatic rings. The molecule has 0 spiro atoms. The first-order valence-electron chi connectivity index (χ1n) is 5.92. The molecule has 0 unspecified atom stereocenters. The fourth-order valence-corrected chi connectivity index (χ4v) is 1.66. The van der Waals surface area contributed by atoms with E-state index in [2.05, 4.69) is 27.7 Å². The predicted octanol–water partition coefficient (Wildman–Crippen LogP) is 2.29. The molecule has 0 saturated heterocycles. The molecule has 0 heterocycles. The summed E-state index contributed by atoms with van der Waals surface area (Å²) < 4.78 is 0. The molecule has 0 saturated carbocycles. The van der Waals surface area contributed by atoms with E-state index in [4.69, 9.17) is 5.73 Å². The minimum atomic E-state index is -0.330. The summed E-state index contributed by atoms with van der Waals surface area (Å²) >= 11 is 0. The molecule has 2 N–H and O–H groups in total. The number of likely N-dealkylation sites (N-methyl/N-ethyl adjacent to an activating group) is 1. The molecular weight excluding hydrogens is 224 g/mol. The standard InChI is InChI=1S/C12H26N2O.ClH/c1-6-14(8-10(4)5)12(15)11(13)7-9(2)3;/h9-11H,6-8,13H2,1-5H3;1H/t11-;/m0./s1. The third kappa shape index (κ3) is 7.07. The van der Waals surface area contributed by atoms with Gasteiger partial charge in [-0.1, -0.05) is 27.7 Å². The van der Waals surface area contributed by atoms with Crippen LogP contribution >= 0.6 is 12.4 Å². The molecule has 0 aromatic heterocycles. The fourth-order valence-electron chi connectivity index (χ4n) is 1.66. The van der Waals surface area contributed by atoms with Crippen molar-refractivity contribution >= 4 is 18.3 Å². The van der Waals surface area contributed by atoms with Crippen molar-refractivity contribution in [3.8, 4) is 0 Å². The molecule has 0 aliphatic carbocycles. The summed E-state index contributed by atoms with van der Waals surface area (Å²) in [5, 5.41) is 0. The molecule has 98 valence electrons. The van der Waals surface area contributed by atoms with E-state index in [0.717, 1.165) is 19.5 Å². The van der Waals surface area contributed by atoms with Crippen LogP contribution in [-0.4, -0.2) is 29.9 Å². The lowest BCUT2D eigenvalue weighted by atomic mass is 10.0. The molecule has 0 aromatic carbocycles. The minimum absolute atomic E-state index is 0. The Labute approximate surface area is 106 Å². The number of nitrogens with zero attached hydrogens (tertiary/aromatic N) is 1. The molecule has 1 atom stereocenters. The average Bonchev–Trinajstić information content (AvgIpc) is 2.11. The highest BCUT2D eigenvalue weighted by atomic mass is 35.5. The number of halogens is 1. The zero-order valence-electron chi connectivity index (χ0n) is 11.2. The van der Waals surface area contributed by atoms with Crippen molar-refractivity contribution in [2.75, 3.05) is 13.1 Å². The molecule has 1 amide bonds. The van der Waals surface area contributed by atoms with Gasteiger partial charge in [-0.2, -0.15) is 0 Å². The Morgan fingerprint density at radius 3 is 2.00 bits per heavy atom. The largest absolute Gasteiger partial charge is 0.341 e. The van der Waals surface area contributed by atoms with E-state index in [1.807, 2.05) is 11.8 Å². The maximum absolute atomic E-state index is 11.9. The van der Waals surface area contributed by atoms with Crippen molar-refractivity contribution in [2.24, 2.45) is 17.6 Å². The van der Waals surface area contributed by atoms with Gasteiger partial charge < -0.3 is 10.6 Å². The number of carbonyl (C=O) groups excluding carboxylic acids is 1. The van der Waals surface area contributed by atoms with E-state index in [-0.39, 0.29) is 24.4 Å². The molecule has 4 heteroatoms. The Kier molecular flexibility index (Phi) is 9.98. The van der Waals surface area contributed by atoms with Gasteiger partial charge in [0.05, 0.1) is 6.04 Å². The zero-order chi connectivity index (χ0) is 12.0. The van der Waals surface area contributed by atoms with Crippen molar-refractivity contribution in [1.82, 2.24) is 4.90 Å². The van der Waals surface area contributed by atoms with Gasteiger partial charge in [0, 0.05) is 13.1 Å². The lowest BCUT2D eigenvalue weighted by Gasteiger charge is -2.26. The average molecular weight is 251 g/mol. The minimum Gasteiger partial charge on any atom is -0.341 e. The second-order valence-corrected chi connectivity index (χ2v) is 5.01. The molecule has 0 aliphatic heterocycles. The van der Waals surface area contributed by atoms with E-state index in [1.165, 1.54) is 0 Å². The summed E-state index contributed by atoms with van der Waals surface area (Å²) in [7, 11) is 0. The van der Waals surface area contributed by atoms with E-state index >= 15 is 0 Å². The first-order chi connectivity index (χ1) is 6.88. The molecule has 0 rings (SSSR count). The van der Waals surface area contributed by atoms with Gasteiger partial charge in [0.15, 0.2) is 0 Å². The van der Waals surface area contributed by atoms with Gasteiger partial charge in [-0.3, -0.25) is 4.79 Å². The van der Waals surface area contributed by atoms with Crippen LogP contribution in [0.2, 0.25) is 0 Å². The summed E-state index contributed by atoms with van der Waals surface area (Å²) in [6.45, 7) is 12.0. The molecule has 0 radical (unpaired) electrons. The third-order valence-corrected chi connectivity index (χ3v) is 2.32. The Hall–Kier alpha value is -0.280. The Balaban J connectivity index is 0. The van der Waals surface area contributed by atoms with Gasteiger partial charge in [-0.15, -0.1) is 12.4 Å². The topological polar surface area (TPSA) is 46.3 Å². The molecule has 0 fully saturated rings. The molecule has 16 heavy (non-hydrogen) atoms. The van der Waals surface area contributed by atoms with E-state index in [9.17, 15) is 4.79 Å². The van der Waals surface area contributed by atoms with Gasteiger partial charge in [-0.25, -0.2) is 0 Å². The fraction of sp³-hybridized carbons (Fsp3) is 0.917. The van der Waals surface area contributed by atoms with Crippen LogP contribution in [0, 0.1) is 11.8 Å². The van der Waals surface area contributed by atoms with Gasteiger partial charge in [0.2, 0.25) is 5.91 Å². The Morgan fingerprint density at radius 1 is 1.19 bits per heavy atom. The number of amides is 1. The van der Waals surface area contributed by atoms with E-state index < -0.39 is 0 Å². The quantitative estimate of drug-likeness (QED) is 0.786. The maximum Gasteiger partial charge on any atom is 0.239 e. The van der Waals surface area contributed by atoms with Crippen LogP contribution < -0.4 is 5.73 Å². The predicted molar refractivity (Wildman–Crippen MR) is 71.8 cm³/mol. The van der Waals surface area contributed by atoms with Crippen LogP contribution in [0.5, 0.6) is 0 Å². The lowest BCUT2D eigenvalue weighted by Crippen LogP contribution is -2.45. The number of rotatable bonds is 6. The van der Waals surface area contributed by atoms with Crippen molar-refractivity contribution in [3.63, 3.8) is 0 Å². The van der Waals surface area contributed by atoms with Crippen LogP contribution in [0.3, 0.4) is 0 Å². The molecule has 0 aromatic rings. The van der Waals surface area contributed by atoms with E-state index in [0.29, 0.717) is 11.8 Å². The van der Waals surface area contributed by atoms with Crippen molar-refractivity contribution in [2.45, 2.75) is 47.1 Å². The highest BCUT2D eigenvalue weighted by molar-refractivity contribution is 5.85. The van der Waals surface area contributed by atoms with Crippen molar-refractivity contribution < 1.29 is 4.79 Å². The van der Waals surface area contributed by atoms with Crippen LogP contribution in [0.15, 0.2) is 0 Å². The summed E-state index contributed by atoms with van der Waals surface area (Å²) in [5.41, 5.74) is 5.88. The van der Waals surface area contributed by atoms with Crippen LogP contribution in [0.25, 0.3) is 0 Å². The Morgan fingerprint density at radius 2 is 1.69 bits per heavy atom. The molecule has 3 nitrogen and oxygen atoms in total. The number of carbonyl (C=O) groups is 1. The maximum atomic E-state index is 11.9. The summed E-state index contributed by atoms with van der Waals surface area (Å²) in [4.78, 5) is 13.8.